The van der Waals surface area contributed by atoms with E-state index >= 15 is 0 Å². The van der Waals surface area contributed by atoms with E-state index in [1.165, 1.54) is 9.80 Å². The number of rotatable bonds is 3. The van der Waals surface area contributed by atoms with E-state index in [0.717, 1.165) is 12.0 Å². The van der Waals surface area contributed by atoms with E-state index in [1.54, 1.807) is 13.1 Å². The second-order valence-electron chi connectivity index (χ2n) is 4.92. The first-order valence-corrected chi connectivity index (χ1v) is 6.86. The molecule has 1 N–H and O–H groups in total. The van der Waals surface area contributed by atoms with E-state index in [-0.39, 0.29) is 6.03 Å². The van der Waals surface area contributed by atoms with Gasteiger partial charge in [-0.05, 0) is 24.5 Å². The molecule has 2 rings (SSSR count). The molecule has 0 bridgehead atoms. The molecule has 0 spiro atoms. The Bertz CT molecular complexity index is 521. The Morgan fingerprint density at radius 1 is 1.45 bits per heavy atom. The summed E-state index contributed by atoms with van der Waals surface area (Å²) in [5.74, 6) is -0.943. The average molecular weight is 297 g/mol. The SMILES string of the molecule is CN(Cc1ccccc1Cl)C(=O)N1CCC[C@H]1C(=O)O. The lowest BCUT2D eigenvalue weighted by atomic mass is 10.2. The zero-order valence-electron chi connectivity index (χ0n) is 11.3. The van der Waals surface area contributed by atoms with Gasteiger partial charge in [-0.3, -0.25) is 0 Å². The summed E-state index contributed by atoms with van der Waals surface area (Å²) in [7, 11) is 1.66. The molecule has 1 saturated heterocycles. The van der Waals surface area contributed by atoms with E-state index < -0.39 is 12.0 Å². The van der Waals surface area contributed by atoms with Gasteiger partial charge in [-0.2, -0.15) is 0 Å². The van der Waals surface area contributed by atoms with Crippen molar-refractivity contribution in [2.24, 2.45) is 0 Å². The van der Waals surface area contributed by atoms with Crippen molar-refractivity contribution in [2.75, 3.05) is 13.6 Å². The highest BCUT2D eigenvalue weighted by molar-refractivity contribution is 6.31. The number of likely N-dealkylation sites (tertiary alicyclic amines) is 1. The first-order valence-electron chi connectivity index (χ1n) is 6.48. The third-order valence-corrected chi connectivity index (χ3v) is 3.84. The molecule has 2 amide bonds. The Labute approximate surface area is 122 Å². The lowest BCUT2D eigenvalue weighted by Crippen LogP contribution is -2.46. The van der Waals surface area contributed by atoms with Crippen LogP contribution in [0.2, 0.25) is 5.02 Å². The van der Waals surface area contributed by atoms with E-state index in [9.17, 15) is 9.59 Å². The number of benzene rings is 1. The Kier molecular flexibility index (Phi) is 4.49. The molecule has 1 aromatic carbocycles. The molecule has 6 heteroatoms. The third kappa shape index (κ3) is 3.04. The maximum absolute atomic E-state index is 12.3. The first kappa shape index (κ1) is 14.7. The zero-order valence-corrected chi connectivity index (χ0v) is 12.0. The van der Waals surface area contributed by atoms with Crippen molar-refractivity contribution < 1.29 is 14.7 Å². The number of carboxylic acids is 1. The van der Waals surface area contributed by atoms with Crippen LogP contribution in [-0.2, 0) is 11.3 Å². The van der Waals surface area contributed by atoms with Crippen molar-refractivity contribution in [1.29, 1.82) is 0 Å². The maximum Gasteiger partial charge on any atom is 0.326 e. The summed E-state index contributed by atoms with van der Waals surface area (Å²) in [6, 6.07) is 6.32. The normalized spacial score (nSPS) is 18.1. The van der Waals surface area contributed by atoms with Crippen LogP contribution in [0.1, 0.15) is 18.4 Å². The highest BCUT2D eigenvalue weighted by Gasteiger charge is 2.35. The van der Waals surface area contributed by atoms with Crippen molar-refractivity contribution in [3.63, 3.8) is 0 Å². The number of aliphatic carboxylic acids is 1. The van der Waals surface area contributed by atoms with Gasteiger partial charge in [0, 0.05) is 25.2 Å². The number of hydrogen-bond donors (Lipinski definition) is 1. The van der Waals surface area contributed by atoms with Gasteiger partial charge in [0.2, 0.25) is 0 Å². The summed E-state index contributed by atoms with van der Waals surface area (Å²) in [6.45, 7) is 0.851. The fourth-order valence-corrected chi connectivity index (χ4v) is 2.62. The second kappa shape index (κ2) is 6.13. The number of carbonyl (C=O) groups is 2. The summed E-state index contributed by atoms with van der Waals surface area (Å²) < 4.78 is 0. The highest BCUT2D eigenvalue weighted by Crippen LogP contribution is 2.21. The standard InChI is InChI=1S/C14H17ClN2O3/c1-16(9-10-5-2-3-6-11(10)15)14(20)17-8-4-7-12(17)13(18)19/h2-3,5-6,12H,4,7-9H2,1H3,(H,18,19)/t12-/m0/s1. The number of amides is 2. The van der Waals surface area contributed by atoms with Crippen molar-refractivity contribution >= 4 is 23.6 Å². The van der Waals surface area contributed by atoms with Gasteiger partial charge in [0.25, 0.3) is 0 Å². The molecule has 5 nitrogen and oxygen atoms in total. The van der Waals surface area contributed by atoms with Crippen LogP contribution in [-0.4, -0.2) is 46.5 Å². The molecule has 0 radical (unpaired) electrons. The zero-order chi connectivity index (χ0) is 14.7. The number of carboxylic acid groups (broad SMARTS) is 1. The van der Waals surface area contributed by atoms with Crippen LogP contribution >= 0.6 is 11.6 Å². The van der Waals surface area contributed by atoms with Crippen LogP contribution in [0.4, 0.5) is 4.79 Å². The monoisotopic (exact) mass is 296 g/mol. The van der Waals surface area contributed by atoms with Crippen molar-refractivity contribution in [3.05, 3.63) is 34.9 Å². The van der Waals surface area contributed by atoms with Crippen LogP contribution in [0.5, 0.6) is 0 Å². The van der Waals surface area contributed by atoms with Gasteiger partial charge < -0.3 is 14.9 Å². The average Bonchev–Trinajstić information content (AvgIpc) is 2.89. The van der Waals surface area contributed by atoms with E-state index in [2.05, 4.69) is 0 Å². The number of carbonyl (C=O) groups excluding carboxylic acids is 1. The third-order valence-electron chi connectivity index (χ3n) is 3.48. The molecule has 1 atom stereocenters. The van der Waals surface area contributed by atoms with Crippen molar-refractivity contribution in [2.45, 2.75) is 25.4 Å². The summed E-state index contributed by atoms with van der Waals surface area (Å²) in [6.07, 6.45) is 1.24. The number of halogens is 1. The van der Waals surface area contributed by atoms with E-state index in [1.807, 2.05) is 18.2 Å². The number of urea groups is 1. The minimum atomic E-state index is -0.943. The van der Waals surface area contributed by atoms with Crippen LogP contribution in [0, 0.1) is 0 Å². The summed E-state index contributed by atoms with van der Waals surface area (Å²) in [4.78, 5) is 26.4. The van der Waals surface area contributed by atoms with Gasteiger partial charge in [-0.1, -0.05) is 29.8 Å². The predicted octanol–water partition coefficient (Wildman–Crippen LogP) is 2.44. The Hall–Kier alpha value is -1.75. The molecule has 1 aliphatic heterocycles. The number of hydrogen-bond acceptors (Lipinski definition) is 2. The fourth-order valence-electron chi connectivity index (χ4n) is 2.42. The summed E-state index contributed by atoms with van der Waals surface area (Å²) in [5, 5.41) is 9.71. The first-order chi connectivity index (χ1) is 9.50. The van der Waals surface area contributed by atoms with Crippen molar-refractivity contribution in [3.8, 4) is 0 Å². The summed E-state index contributed by atoms with van der Waals surface area (Å²) in [5.41, 5.74) is 0.844. The van der Waals surface area contributed by atoms with Gasteiger partial charge in [-0.15, -0.1) is 0 Å². The summed E-state index contributed by atoms with van der Waals surface area (Å²) >= 11 is 6.07. The number of nitrogens with zero attached hydrogens (tertiary/aromatic N) is 2. The van der Waals surface area contributed by atoms with Gasteiger partial charge >= 0.3 is 12.0 Å². The molecule has 1 heterocycles. The Morgan fingerprint density at radius 2 is 2.15 bits per heavy atom. The largest absolute Gasteiger partial charge is 0.480 e. The highest BCUT2D eigenvalue weighted by atomic mass is 35.5. The molecular formula is C14H17ClN2O3. The Balaban J connectivity index is 2.05. The lowest BCUT2D eigenvalue weighted by molar-refractivity contribution is -0.141. The molecule has 1 aromatic rings. The van der Waals surface area contributed by atoms with Gasteiger partial charge in [0.1, 0.15) is 6.04 Å². The van der Waals surface area contributed by atoms with E-state index in [4.69, 9.17) is 16.7 Å². The van der Waals surface area contributed by atoms with Crippen LogP contribution in [0.25, 0.3) is 0 Å². The molecule has 0 aliphatic carbocycles. The molecule has 1 aliphatic rings. The molecule has 0 unspecified atom stereocenters. The smallest absolute Gasteiger partial charge is 0.326 e. The van der Waals surface area contributed by atoms with Crippen LogP contribution < -0.4 is 0 Å². The fraction of sp³-hybridized carbons (Fsp3) is 0.429. The van der Waals surface area contributed by atoms with Gasteiger partial charge in [0.05, 0.1) is 0 Å². The lowest BCUT2D eigenvalue weighted by Gasteiger charge is -2.27. The molecule has 1 fully saturated rings. The second-order valence-corrected chi connectivity index (χ2v) is 5.33. The topological polar surface area (TPSA) is 60.9 Å². The predicted molar refractivity (Wildman–Crippen MR) is 75.7 cm³/mol. The van der Waals surface area contributed by atoms with Crippen molar-refractivity contribution in [1.82, 2.24) is 9.80 Å². The molecular weight excluding hydrogens is 280 g/mol. The minimum absolute atomic E-state index is 0.269. The van der Waals surface area contributed by atoms with Gasteiger partial charge in [-0.25, -0.2) is 9.59 Å². The molecule has 0 saturated carbocycles. The minimum Gasteiger partial charge on any atom is -0.480 e. The molecule has 108 valence electrons. The van der Waals surface area contributed by atoms with Crippen LogP contribution in [0.3, 0.4) is 0 Å². The molecule has 20 heavy (non-hydrogen) atoms. The quantitative estimate of drug-likeness (QED) is 0.932. The van der Waals surface area contributed by atoms with E-state index in [0.29, 0.717) is 24.5 Å². The molecule has 0 aromatic heterocycles. The van der Waals surface area contributed by atoms with Crippen LogP contribution in [0.15, 0.2) is 24.3 Å². The maximum atomic E-state index is 12.3. The van der Waals surface area contributed by atoms with Gasteiger partial charge in [0.15, 0.2) is 0 Å². The Morgan fingerprint density at radius 3 is 2.80 bits per heavy atom.